The number of hydrogen-bond donors (Lipinski definition) is 2. The van der Waals surface area contributed by atoms with Gasteiger partial charge in [0.25, 0.3) is 5.91 Å². The summed E-state index contributed by atoms with van der Waals surface area (Å²) in [4.78, 5) is 12.2. The molecule has 1 aliphatic rings. The number of hydrogen-bond acceptors (Lipinski definition) is 2. The third-order valence-electron chi connectivity index (χ3n) is 3.22. The first-order valence-electron chi connectivity index (χ1n) is 5.98. The number of aryl methyl sites for hydroxylation is 1. The van der Waals surface area contributed by atoms with Crippen LogP contribution in [0.1, 0.15) is 28.2 Å². The zero-order valence-electron chi connectivity index (χ0n) is 9.96. The summed E-state index contributed by atoms with van der Waals surface area (Å²) in [7, 11) is 0. The van der Waals surface area contributed by atoms with Gasteiger partial charge in [-0.3, -0.25) is 9.89 Å². The SMILES string of the molecule is O=C(Nc1cccc(Cl)c1Cl)c1n[nH]c2c1CCC2. The van der Waals surface area contributed by atoms with Gasteiger partial charge in [0.1, 0.15) is 0 Å². The van der Waals surface area contributed by atoms with Crippen molar-refractivity contribution in [1.29, 1.82) is 0 Å². The third kappa shape index (κ3) is 2.22. The molecular weight excluding hydrogens is 285 g/mol. The molecule has 3 rings (SSSR count). The first-order chi connectivity index (χ1) is 9.16. The first kappa shape index (κ1) is 12.5. The van der Waals surface area contributed by atoms with Crippen LogP contribution in [0.25, 0.3) is 0 Å². The van der Waals surface area contributed by atoms with Crippen molar-refractivity contribution in [1.82, 2.24) is 10.2 Å². The van der Waals surface area contributed by atoms with Gasteiger partial charge in [-0.25, -0.2) is 0 Å². The molecular formula is C13H11Cl2N3O. The van der Waals surface area contributed by atoms with Gasteiger partial charge in [0, 0.05) is 11.3 Å². The van der Waals surface area contributed by atoms with E-state index >= 15 is 0 Å². The van der Waals surface area contributed by atoms with Crippen LogP contribution >= 0.6 is 23.2 Å². The number of aromatic amines is 1. The predicted molar refractivity (Wildman–Crippen MR) is 75.0 cm³/mol. The summed E-state index contributed by atoms with van der Waals surface area (Å²) in [6, 6.07) is 5.11. The number of carbonyl (C=O) groups is 1. The van der Waals surface area contributed by atoms with Crippen LogP contribution in [0.4, 0.5) is 5.69 Å². The molecule has 19 heavy (non-hydrogen) atoms. The molecule has 1 aromatic heterocycles. The molecule has 1 aliphatic carbocycles. The van der Waals surface area contributed by atoms with Gasteiger partial charge in [0.2, 0.25) is 0 Å². The Morgan fingerprint density at radius 3 is 3.00 bits per heavy atom. The van der Waals surface area contributed by atoms with E-state index in [1.165, 1.54) is 0 Å². The molecule has 0 fully saturated rings. The number of halogens is 2. The zero-order valence-corrected chi connectivity index (χ0v) is 11.5. The maximum Gasteiger partial charge on any atom is 0.276 e. The van der Waals surface area contributed by atoms with Gasteiger partial charge in [-0.05, 0) is 31.4 Å². The van der Waals surface area contributed by atoms with Crippen molar-refractivity contribution in [3.8, 4) is 0 Å². The van der Waals surface area contributed by atoms with Crippen molar-refractivity contribution in [3.05, 3.63) is 45.2 Å². The maximum absolute atomic E-state index is 12.2. The molecule has 0 radical (unpaired) electrons. The van der Waals surface area contributed by atoms with Crippen molar-refractivity contribution in [2.75, 3.05) is 5.32 Å². The second-order valence-corrected chi connectivity index (χ2v) is 5.22. The van der Waals surface area contributed by atoms with Crippen molar-refractivity contribution in [2.45, 2.75) is 19.3 Å². The van der Waals surface area contributed by atoms with Crippen LogP contribution in [0.5, 0.6) is 0 Å². The lowest BCUT2D eigenvalue weighted by atomic mass is 10.2. The van der Waals surface area contributed by atoms with Gasteiger partial charge in [-0.2, -0.15) is 5.10 Å². The largest absolute Gasteiger partial charge is 0.319 e. The Morgan fingerprint density at radius 2 is 2.16 bits per heavy atom. The molecule has 0 spiro atoms. The number of benzene rings is 1. The summed E-state index contributed by atoms with van der Waals surface area (Å²) in [5.41, 5.74) is 3.01. The monoisotopic (exact) mass is 295 g/mol. The topological polar surface area (TPSA) is 57.8 Å². The standard InChI is InChI=1S/C13H11Cl2N3O/c14-8-4-2-6-10(11(8)15)16-13(19)12-7-3-1-5-9(7)17-18-12/h2,4,6H,1,3,5H2,(H,16,19)(H,17,18). The van der Waals surface area contributed by atoms with Crippen LogP contribution < -0.4 is 5.32 Å². The summed E-state index contributed by atoms with van der Waals surface area (Å²) < 4.78 is 0. The van der Waals surface area contributed by atoms with E-state index in [4.69, 9.17) is 23.2 Å². The lowest BCUT2D eigenvalue weighted by molar-refractivity contribution is 0.102. The number of nitrogens with zero attached hydrogens (tertiary/aromatic N) is 1. The molecule has 0 unspecified atom stereocenters. The number of amides is 1. The fourth-order valence-corrected chi connectivity index (χ4v) is 2.64. The summed E-state index contributed by atoms with van der Waals surface area (Å²) in [5, 5.41) is 10.5. The highest BCUT2D eigenvalue weighted by Crippen LogP contribution is 2.30. The molecule has 2 aromatic rings. The minimum atomic E-state index is -0.261. The van der Waals surface area contributed by atoms with E-state index in [2.05, 4.69) is 15.5 Å². The smallest absolute Gasteiger partial charge is 0.276 e. The quantitative estimate of drug-likeness (QED) is 0.891. The molecule has 0 bridgehead atoms. The molecule has 6 heteroatoms. The van der Waals surface area contributed by atoms with Crippen molar-refractivity contribution < 1.29 is 4.79 Å². The van der Waals surface area contributed by atoms with Gasteiger partial charge >= 0.3 is 0 Å². The molecule has 98 valence electrons. The summed E-state index contributed by atoms with van der Waals surface area (Å²) in [5.74, 6) is -0.261. The predicted octanol–water partition coefficient (Wildman–Crippen LogP) is 3.46. The highest BCUT2D eigenvalue weighted by Gasteiger charge is 2.23. The van der Waals surface area contributed by atoms with E-state index in [0.717, 1.165) is 30.5 Å². The Morgan fingerprint density at radius 1 is 1.32 bits per heavy atom. The van der Waals surface area contributed by atoms with E-state index in [1.54, 1.807) is 18.2 Å². The second-order valence-electron chi connectivity index (χ2n) is 4.44. The molecule has 1 amide bonds. The number of anilines is 1. The molecule has 4 nitrogen and oxygen atoms in total. The lowest BCUT2D eigenvalue weighted by Crippen LogP contribution is -2.14. The normalized spacial score (nSPS) is 13.4. The number of fused-ring (bicyclic) bond motifs is 1. The molecule has 1 aromatic carbocycles. The van der Waals surface area contributed by atoms with E-state index in [1.807, 2.05) is 0 Å². The fourth-order valence-electron chi connectivity index (χ4n) is 2.29. The molecule has 1 heterocycles. The fraction of sp³-hybridized carbons (Fsp3) is 0.231. The Hall–Kier alpha value is -1.52. The van der Waals surface area contributed by atoms with Gasteiger partial charge in [0.15, 0.2) is 5.69 Å². The van der Waals surface area contributed by atoms with Crippen LogP contribution in [-0.4, -0.2) is 16.1 Å². The summed E-state index contributed by atoms with van der Waals surface area (Å²) >= 11 is 12.0. The number of nitrogens with one attached hydrogen (secondary N) is 2. The van der Waals surface area contributed by atoms with Crippen LogP contribution in [0, 0.1) is 0 Å². The van der Waals surface area contributed by atoms with E-state index in [0.29, 0.717) is 21.4 Å². The minimum Gasteiger partial charge on any atom is -0.319 e. The van der Waals surface area contributed by atoms with E-state index in [9.17, 15) is 4.79 Å². The highest BCUT2D eigenvalue weighted by atomic mass is 35.5. The molecule has 0 saturated carbocycles. The Labute approximate surface area is 120 Å². The molecule has 0 saturated heterocycles. The van der Waals surface area contributed by atoms with Crippen molar-refractivity contribution in [2.24, 2.45) is 0 Å². The molecule has 0 atom stereocenters. The van der Waals surface area contributed by atoms with Gasteiger partial charge < -0.3 is 5.32 Å². The molecule has 2 N–H and O–H groups in total. The minimum absolute atomic E-state index is 0.261. The number of carbonyl (C=O) groups excluding carboxylic acids is 1. The Balaban J connectivity index is 1.87. The van der Waals surface area contributed by atoms with Crippen LogP contribution in [-0.2, 0) is 12.8 Å². The maximum atomic E-state index is 12.2. The lowest BCUT2D eigenvalue weighted by Gasteiger charge is -2.07. The number of rotatable bonds is 2. The van der Waals surface area contributed by atoms with Crippen LogP contribution in [0.2, 0.25) is 10.0 Å². The average molecular weight is 296 g/mol. The van der Waals surface area contributed by atoms with Crippen LogP contribution in [0.15, 0.2) is 18.2 Å². The van der Waals surface area contributed by atoms with Crippen molar-refractivity contribution in [3.63, 3.8) is 0 Å². The van der Waals surface area contributed by atoms with Crippen molar-refractivity contribution >= 4 is 34.8 Å². The average Bonchev–Trinajstić information content (AvgIpc) is 2.96. The van der Waals surface area contributed by atoms with E-state index in [-0.39, 0.29) is 5.91 Å². The summed E-state index contributed by atoms with van der Waals surface area (Å²) in [6.07, 6.45) is 2.90. The van der Waals surface area contributed by atoms with Crippen LogP contribution in [0.3, 0.4) is 0 Å². The van der Waals surface area contributed by atoms with Gasteiger partial charge in [0.05, 0.1) is 15.7 Å². The first-order valence-corrected chi connectivity index (χ1v) is 6.74. The van der Waals surface area contributed by atoms with E-state index < -0.39 is 0 Å². The third-order valence-corrected chi connectivity index (χ3v) is 4.04. The van der Waals surface area contributed by atoms with Gasteiger partial charge in [-0.15, -0.1) is 0 Å². The Bertz CT molecular complexity index is 651. The summed E-state index contributed by atoms with van der Waals surface area (Å²) in [6.45, 7) is 0. The highest BCUT2D eigenvalue weighted by molar-refractivity contribution is 6.44. The Kier molecular flexibility index (Phi) is 3.21. The zero-order chi connectivity index (χ0) is 13.4. The molecule has 0 aliphatic heterocycles. The van der Waals surface area contributed by atoms with Gasteiger partial charge in [-0.1, -0.05) is 29.3 Å². The number of aromatic nitrogens is 2. The second kappa shape index (κ2) is 4.87. The number of H-pyrrole nitrogens is 1.